The normalized spacial score (nSPS) is 19.0. The van der Waals surface area contributed by atoms with Crippen molar-refractivity contribution >= 4 is 23.4 Å². The number of hydrogen-bond donors (Lipinski definition) is 1. The molecule has 0 spiro atoms. The van der Waals surface area contributed by atoms with Crippen LogP contribution in [0.15, 0.2) is 35.7 Å². The molecule has 0 saturated carbocycles. The topological polar surface area (TPSA) is 61.9 Å². The van der Waals surface area contributed by atoms with E-state index < -0.39 is 11.7 Å². The molecule has 2 aromatic rings. The number of nitrogens with zero attached hydrogens (tertiary/aromatic N) is 3. The van der Waals surface area contributed by atoms with Gasteiger partial charge < -0.3 is 4.90 Å². The fraction of sp³-hybridized carbons (Fsp3) is 0.308. The van der Waals surface area contributed by atoms with Crippen LogP contribution in [0.25, 0.3) is 0 Å². The molecular formula is C13H11F3N4OS. The minimum Gasteiger partial charge on any atom is -0.311 e. The fourth-order valence-electron chi connectivity index (χ4n) is 2.24. The lowest BCUT2D eigenvalue weighted by Crippen LogP contribution is -2.28. The molecule has 1 aliphatic heterocycles. The third-order valence-corrected chi connectivity index (χ3v) is 4.45. The van der Waals surface area contributed by atoms with Crippen molar-refractivity contribution in [3.8, 4) is 0 Å². The highest BCUT2D eigenvalue weighted by atomic mass is 32.2. The van der Waals surface area contributed by atoms with Gasteiger partial charge in [-0.15, -0.1) is 0 Å². The Hall–Kier alpha value is -2.03. The maximum atomic E-state index is 12.5. The van der Waals surface area contributed by atoms with Crippen molar-refractivity contribution in [2.75, 3.05) is 11.4 Å². The van der Waals surface area contributed by atoms with Gasteiger partial charge in [-0.2, -0.15) is 18.3 Å². The summed E-state index contributed by atoms with van der Waals surface area (Å²) in [6, 6.07) is 4.61. The van der Waals surface area contributed by atoms with Gasteiger partial charge >= 0.3 is 6.18 Å². The number of aromatic amines is 1. The zero-order chi connectivity index (χ0) is 15.7. The molecule has 1 atom stereocenters. The molecule has 1 N–H and O–H groups in total. The summed E-state index contributed by atoms with van der Waals surface area (Å²) < 4.78 is 37.6. The molecule has 1 saturated heterocycles. The number of halogens is 3. The molecule has 1 aromatic heterocycles. The molecule has 0 unspecified atom stereocenters. The summed E-state index contributed by atoms with van der Waals surface area (Å²) in [5, 5.41) is 6.62. The van der Waals surface area contributed by atoms with E-state index in [-0.39, 0.29) is 11.2 Å². The number of alkyl halides is 3. The quantitative estimate of drug-likeness (QED) is 0.941. The molecule has 1 aliphatic rings. The molecule has 9 heteroatoms. The molecule has 0 bridgehead atoms. The summed E-state index contributed by atoms with van der Waals surface area (Å²) >= 11 is 1.27. The van der Waals surface area contributed by atoms with E-state index in [9.17, 15) is 18.0 Å². The van der Waals surface area contributed by atoms with Gasteiger partial charge in [0, 0.05) is 12.2 Å². The third kappa shape index (κ3) is 2.94. The summed E-state index contributed by atoms with van der Waals surface area (Å²) in [7, 11) is 0. The molecular weight excluding hydrogens is 317 g/mol. The van der Waals surface area contributed by atoms with Crippen molar-refractivity contribution in [2.45, 2.75) is 23.0 Å². The van der Waals surface area contributed by atoms with Crippen LogP contribution in [0, 0.1) is 0 Å². The van der Waals surface area contributed by atoms with E-state index in [1.807, 2.05) is 0 Å². The Morgan fingerprint density at radius 1 is 1.27 bits per heavy atom. The van der Waals surface area contributed by atoms with Crippen LogP contribution in [0.3, 0.4) is 0 Å². The smallest absolute Gasteiger partial charge is 0.311 e. The van der Waals surface area contributed by atoms with Gasteiger partial charge in [-0.05, 0) is 30.7 Å². The van der Waals surface area contributed by atoms with Gasteiger partial charge in [0.25, 0.3) is 0 Å². The Bertz CT molecular complexity index is 657. The van der Waals surface area contributed by atoms with Gasteiger partial charge in [0.2, 0.25) is 5.91 Å². The molecule has 0 aliphatic carbocycles. The van der Waals surface area contributed by atoms with Gasteiger partial charge in [0.1, 0.15) is 6.33 Å². The van der Waals surface area contributed by atoms with Crippen LogP contribution < -0.4 is 4.90 Å². The fourth-order valence-corrected chi connectivity index (χ4v) is 3.17. The van der Waals surface area contributed by atoms with Crippen molar-refractivity contribution in [1.29, 1.82) is 0 Å². The second-order valence-electron chi connectivity index (χ2n) is 4.72. The second-order valence-corrected chi connectivity index (χ2v) is 5.91. The molecule has 1 amide bonds. The summed E-state index contributed by atoms with van der Waals surface area (Å²) in [4.78, 5) is 17.8. The van der Waals surface area contributed by atoms with Crippen LogP contribution in [0.5, 0.6) is 0 Å². The molecule has 1 fully saturated rings. The minimum absolute atomic E-state index is 0.138. The Kier molecular flexibility index (Phi) is 3.81. The van der Waals surface area contributed by atoms with E-state index in [1.165, 1.54) is 35.1 Å². The van der Waals surface area contributed by atoms with Gasteiger partial charge in [-0.25, -0.2) is 4.98 Å². The predicted molar refractivity (Wildman–Crippen MR) is 74.4 cm³/mol. The van der Waals surface area contributed by atoms with Crippen LogP contribution in [-0.2, 0) is 11.0 Å². The minimum atomic E-state index is -4.38. The second kappa shape index (κ2) is 5.64. The number of carbonyl (C=O) groups excluding carboxylic acids is 1. The van der Waals surface area contributed by atoms with Crippen LogP contribution in [-0.4, -0.2) is 32.9 Å². The molecule has 3 rings (SSSR count). The van der Waals surface area contributed by atoms with E-state index >= 15 is 0 Å². The molecule has 5 nitrogen and oxygen atoms in total. The van der Waals surface area contributed by atoms with Crippen LogP contribution >= 0.6 is 11.8 Å². The zero-order valence-corrected chi connectivity index (χ0v) is 12.0. The van der Waals surface area contributed by atoms with Crippen LogP contribution in [0.2, 0.25) is 0 Å². The molecule has 0 radical (unpaired) electrons. The third-order valence-electron chi connectivity index (χ3n) is 3.31. The lowest BCUT2D eigenvalue weighted by atomic mass is 10.2. The maximum Gasteiger partial charge on any atom is 0.416 e. The van der Waals surface area contributed by atoms with E-state index in [4.69, 9.17) is 0 Å². The van der Waals surface area contributed by atoms with E-state index in [2.05, 4.69) is 15.2 Å². The van der Waals surface area contributed by atoms with Crippen molar-refractivity contribution in [2.24, 2.45) is 0 Å². The largest absolute Gasteiger partial charge is 0.416 e. The Morgan fingerprint density at radius 2 is 2.00 bits per heavy atom. The lowest BCUT2D eigenvalue weighted by Gasteiger charge is -2.17. The summed E-state index contributed by atoms with van der Waals surface area (Å²) in [5.41, 5.74) is -0.255. The number of thioether (sulfide) groups is 1. The number of hydrogen-bond acceptors (Lipinski definition) is 4. The van der Waals surface area contributed by atoms with Crippen molar-refractivity contribution < 1.29 is 18.0 Å². The van der Waals surface area contributed by atoms with E-state index in [0.717, 1.165) is 12.1 Å². The Balaban J connectivity index is 1.72. The first kappa shape index (κ1) is 14.9. The first-order valence-corrected chi connectivity index (χ1v) is 7.34. The number of nitrogens with one attached hydrogen (secondary N) is 1. The number of carbonyl (C=O) groups is 1. The number of aromatic nitrogens is 3. The summed E-state index contributed by atoms with van der Waals surface area (Å²) in [5.74, 6) is -0.138. The van der Waals surface area contributed by atoms with Crippen LogP contribution in [0.4, 0.5) is 18.9 Å². The number of H-pyrrole nitrogens is 1. The number of rotatable bonds is 3. The molecule has 1 aromatic carbocycles. The first-order chi connectivity index (χ1) is 10.4. The standard InChI is InChI=1S/C13H11F3N4OS/c14-13(15,16)8-1-3-9(4-2-8)20-6-5-10(11(20)21)22-12-17-7-18-19-12/h1-4,7,10H,5-6H2,(H,17,18,19)/t10-/m1/s1. The van der Waals surface area contributed by atoms with Crippen molar-refractivity contribution in [3.63, 3.8) is 0 Å². The average Bonchev–Trinajstić information content (AvgIpc) is 3.10. The maximum absolute atomic E-state index is 12.5. The van der Waals surface area contributed by atoms with E-state index in [1.54, 1.807) is 0 Å². The average molecular weight is 328 g/mol. The SMILES string of the molecule is O=C1[C@H](Sc2ncn[nH]2)CCN1c1ccc(C(F)(F)F)cc1. The van der Waals surface area contributed by atoms with Crippen molar-refractivity contribution in [1.82, 2.24) is 15.2 Å². The predicted octanol–water partition coefficient (Wildman–Crippen LogP) is 2.72. The Labute approximate surface area is 127 Å². The van der Waals surface area contributed by atoms with Gasteiger partial charge in [0.15, 0.2) is 5.16 Å². The van der Waals surface area contributed by atoms with Gasteiger partial charge in [0.05, 0.1) is 10.8 Å². The number of benzene rings is 1. The first-order valence-electron chi connectivity index (χ1n) is 6.46. The van der Waals surface area contributed by atoms with Crippen molar-refractivity contribution in [3.05, 3.63) is 36.2 Å². The van der Waals surface area contributed by atoms with Gasteiger partial charge in [-0.3, -0.25) is 9.89 Å². The lowest BCUT2D eigenvalue weighted by molar-refractivity contribution is -0.137. The molecule has 116 valence electrons. The van der Waals surface area contributed by atoms with Crippen LogP contribution in [0.1, 0.15) is 12.0 Å². The summed E-state index contributed by atoms with van der Waals surface area (Å²) in [6.45, 7) is 0.468. The monoisotopic (exact) mass is 328 g/mol. The number of amides is 1. The zero-order valence-electron chi connectivity index (χ0n) is 11.2. The van der Waals surface area contributed by atoms with Gasteiger partial charge in [-0.1, -0.05) is 11.8 Å². The van der Waals surface area contributed by atoms with E-state index in [0.29, 0.717) is 23.8 Å². The molecule has 2 heterocycles. The highest BCUT2D eigenvalue weighted by Crippen LogP contribution is 2.34. The number of anilines is 1. The summed E-state index contributed by atoms with van der Waals surface area (Å²) in [6.07, 6.45) is -2.42. The molecule has 22 heavy (non-hydrogen) atoms. The highest BCUT2D eigenvalue weighted by molar-refractivity contribution is 8.00. The highest BCUT2D eigenvalue weighted by Gasteiger charge is 2.35. The Morgan fingerprint density at radius 3 is 2.59 bits per heavy atom.